The summed E-state index contributed by atoms with van der Waals surface area (Å²) in [7, 11) is 0. The second-order valence-electron chi connectivity index (χ2n) is 5.25. The smallest absolute Gasteiger partial charge is 0.387 e. The lowest BCUT2D eigenvalue weighted by molar-refractivity contribution is -0.384. The summed E-state index contributed by atoms with van der Waals surface area (Å²) in [5.74, 6) is -0.714. The van der Waals surface area contributed by atoms with Gasteiger partial charge in [0.05, 0.1) is 10.5 Å². The van der Waals surface area contributed by atoms with Crippen molar-refractivity contribution >= 4 is 11.7 Å². The van der Waals surface area contributed by atoms with E-state index in [0.29, 0.717) is 11.1 Å². The summed E-state index contributed by atoms with van der Waals surface area (Å²) in [6.07, 6.45) is -0.674. The van der Waals surface area contributed by atoms with Crippen LogP contribution in [0.1, 0.15) is 34.5 Å². The number of rotatable bonds is 6. The van der Waals surface area contributed by atoms with Crippen LogP contribution in [0.5, 0.6) is 5.75 Å². The minimum atomic E-state index is -2.92. The van der Waals surface area contributed by atoms with Crippen molar-refractivity contribution in [1.82, 2.24) is 0 Å². The van der Waals surface area contributed by atoms with Gasteiger partial charge in [-0.25, -0.2) is 4.79 Å². The highest BCUT2D eigenvalue weighted by atomic mass is 19.3. The minimum Gasteiger partial charge on any atom is -0.454 e. The minimum absolute atomic E-state index is 0.00759. The van der Waals surface area contributed by atoms with Crippen molar-refractivity contribution in [2.45, 2.75) is 26.6 Å². The number of carbonyl (C=O) groups is 1. The van der Waals surface area contributed by atoms with E-state index in [1.54, 1.807) is 13.8 Å². The monoisotopic (exact) mass is 351 g/mol. The van der Waals surface area contributed by atoms with Crippen LogP contribution in [0, 0.1) is 17.0 Å². The molecule has 2 aromatic carbocycles. The molecule has 2 aromatic rings. The zero-order valence-electron chi connectivity index (χ0n) is 13.4. The Bertz CT molecular complexity index is 777. The highest BCUT2D eigenvalue weighted by Gasteiger charge is 2.19. The number of non-ortho nitro benzene ring substituents is 1. The molecule has 0 saturated carbocycles. The second kappa shape index (κ2) is 7.69. The van der Waals surface area contributed by atoms with Crippen LogP contribution in [-0.4, -0.2) is 17.5 Å². The molecule has 6 nitrogen and oxygen atoms in total. The van der Waals surface area contributed by atoms with Gasteiger partial charge < -0.3 is 9.47 Å². The Morgan fingerprint density at radius 2 is 1.80 bits per heavy atom. The molecule has 132 valence electrons. The normalized spacial score (nSPS) is 11.9. The summed E-state index contributed by atoms with van der Waals surface area (Å²) < 4.78 is 33.8. The maximum atomic E-state index is 12.3. The number of nitro groups is 1. The predicted molar refractivity (Wildman–Crippen MR) is 84.7 cm³/mol. The van der Waals surface area contributed by atoms with Crippen molar-refractivity contribution < 1.29 is 28.0 Å². The fraction of sp³-hybridized carbons (Fsp3) is 0.235. The first-order valence-corrected chi connectivity index (χ1v) is 7.28. The summed E-state index contributed by atoms with van der Waals surface area (Å²) in [5, 5.41) is 10.8. The van der Waals surface area contributed by atoms with Gasteiger partial charge in [0.2, 0.25) is 0 Å². The summed E-state index contributed by atoms with van der Waals surface area (Å²) in [6, 6.07) is 9.60. The van der Waals surface area contributed by atoms with E-state index >= 15 is 0 Å². The second-order valence-corrected chi connectivity index (χ2v) is 5.25. The highest BCUT2D eigenvalue weighted by molar-refractivity contribution is 5.92. The lowest BCUT2D eigenvalue weighted by Crippen LogP contribution is -2.11. The molecule has 0 aliphatic rings. The lowest BCUT2D eigenvalue weighted by atomic mass is 10.1. The Labute approximate surface area is 142 Å². The topological polar surface area (TPSA) is 78.7 Å². The molecule has 0 saturated heterocycles. The third-order valence-electron chi connectivity index (χ3n) is 3.51. The van der Waals surface area contributed by atoms with Gasteiger partial charge >= 0.3 is 12.6 Å². The fourth-order valence-electron chi connectivity index (χ4n) is 2.16. The van der Waals surface area contributed by atoms with Gasteiger partial charge in [-0.15, -0.1) is 0 Å². The average molecular weight is 351 g/mol. The molecule has 0 aromatic heterocycles. The molecule has 8 heteroatoms. The third kappa shape index (κ3) is 4.72. The molecule has 0 fully saturated rings. The molecule has 0 amide bonds. The quantitative estimate of drug-likeness (QED) is 0.437. The van der Waals surface area contributed by atoms with E-state index in [0.717, 1.165) is 6.07 Å². The SMILES string of the molecule is Cc1ccc([N+](=O)[O-])cc1C(=O)OC(C)c1ccc(OC(F)F)cc1. The van der Waals surface area contributed by atoms with Gasteiger partial charge in [-0.05, 0) is 37.1 Å². The van der Waals surface area contributed by atoms with Gasteiger partial charge in [-0.1, -0.05) is 18.2 Å². The number of esters is 1. The van der Waals surface area contributed by atoms with Crippen LogP contribution >= 0.6 is 0 Å². The number of nitrogens with zero attached hydrogens (tertiary/aromatic N) is 1. The van der Waals surface area contributed by atoms with E-state index in [2.05, 4.69) is 4.74 Å². The summed E-state index contributed by atoms with van der Waals surface area (Å²) in [5.41, 5.74) is 0.999. The number of alkyl halides is 2. The zero-order valence-corrected chi connectivity index (χ0v) is 13.4. The van der Waals surface area contributed by atoms with Crippen molar-refractivity contribution in [2.75, 3.05) is 0 Å². The van der Waals surface area contributed by atoms with E-state index in [1.165, 1.54) is 36.4 Å². The zero-order chi connectivity index (χ0) is 18.6. The van der Waals surface area contributed by atoms with Crippen molar-refractivity contribution in [3.05, 3.63) is 69.3 Å². The maximum absolute atomic E-state index is 12.3. The molecule has 0 radical (unpaired) electrons. The standard InChI is InChI=1S/C17H15F2NO5/c1-10-3-6-13(20(22)23)9-15(10)16(21)24-11(2)12-4-7-14(8-5-12)25-17(18)19/h3-9,11,17H,1-2H3. The van der Waals surface area contributed by atoms with Crippen LogP contribution in [0.3, 0.4) is 0 Å². The number of nitro benzene ring substituents is 1. The number of aryl methyl sites for hydroxylation is 1. The van der Waals surface area contributed by atoms with E-state index < -0.39 is 23.6 Å². The van der Waals surface area contributed by atoms with Crippen molar-refractivity contribution in [3.8, 4) is 5.75 Å². The van der Waals surface area contributed by atoms with Crippen LogP contribution < -0.4 is 4.74 Å². The van der Waals surface area contributed by atoms with Gasteiger partial charge in [-0.2, -0.15) is 8.78 Å². The molecule has 0 aliphatic carbocycles. The number of halogens is 2. The van der Waals surface area contributed by atoms with E-state index in [1.807, 2.05) is 0 Å². The highest BCUT2D eigenvalue weighted by Crippen LogP contribution is 2.24. The first-order chi connectivity index (χ1) is 11.8. The Hall–Kier alpha value is -3.03. The van der Waals surface area contributed by atoms with Crippen LogP contribution in [0.15, 0.2) is 42.5 Å². The lowest BCUT2D eigenvalue weighted by Gasteiger charge is -2.15. The molecular formula is C17H15F2NO5. The molecule has 2 rings (SSSR count). The summed E-state index contributed by atoms with van der Waals surface area (Å²) in [6.45, 7) is 0.326. The van der Waals surface area contributed by atoms with Crippen LogP contribution in [0.2, 0.25) is 0 Å². The Balaban J connectivity index is 2.12. The first kappa shape index (κ1) is 18.3. The number of ether oxygens (including phenoxy) is 2. The number of benzene rings is 2. The molecule has 0 N–H and O–H groups in total. The van der Waals surface area contributed by atoms with Crippen molar-refractivity contribution in [2.24, 2.45) is 0 Å². The van der Waals surface area contributed by atoms with E-state index in [9.17, 15) is 23.7 Å². The van der Waals surface area contributed by atoms with Crippen molar-refractivity contribution in [1.29, 1.82) is 0 Å². The molecule has 0 bridgehead atoms. The number of hydrogen-bond acceptors (Lipinski definition) is 5. The van der Waals surface area contributed by atoms with Crippen LogP contribution in [0.25, 0.3) is 0 Å². The number of hydrogen-bond donors (Lipinski definition) is 0. The summed E-state index contributed by atoms with van der Waals surface area (Å²) in [4.78, 5) is 22.5. The predicted octanol–water partition coefficient (Wildman–Crippen LogP) is 4.42. The molecule has 0 heterocycles. The van der Waals surface area contributed by atoms with E-state index in [4.69, 9.17) is 4.74 Å². The van der Waals surface area contributed by atoms with Crippen LogP contribution in [0.4, 0.5) is 14.5 Å². The average Bonchev–Trinajstić information content (AvgIpc) is 2.54. The van der Waals surface area contributed by atoms with E-state index in [-0.39, 0.29) is 17.0 Å². The van der Waals surface area contributed by atoms with Gasteiger partial charge in [0.1, 0.15) is 11.9 Å². The van der Waals surface area contributed by atoms with Gasteiger partial charge in [0.15, 0.2) is 0 Å². The third-order valence-corrected chi connectivity index (χ3v) is 3.51. The summed E-state index contributed by atoms with van der Waals surface area (Å²) >= 11 is 0. The molecule has 0 spiro atoms. The largest absolute Gasteiger partial charge is 0.454 e. The van der Waals surface area contributed by atoms with Crippen LogP contribution in [-0.2, 0) is 4.74 Å². The Morgan fingerprint density at radius 1 is 1.16 bits per heavy atom. The van der Waals surface area contributed by atoms with Gasteiger partial charge in [0, 0.05) is 12.1 Å². The van der Waals surface area contributed by atoms with Crippen molar-refractivity contribution in [3.63, 3.8) is 0 Å². The van der Waals surface area contributed by atoms with Gasteiger partial charge in [-0.3, -0.25) is 10.1 Å². The Kier molecular flexibility index (Phi) is 5.63. The van der Waals surface area contributed by atoms with Gasteiger partial charge in [0.25, 0.3) is 5.69 Å². The fourth-order valence-corrected chi connectivity index (χ4v) is 2.16. The molecule has 25 heavy (non-hydrogen) atoms. The number of carbonyl (C=O) groups excluding carboxylic acids is 1. The molecule has 0 aliphatic heterocycles. The molecular weight excluding hydrogens is 336 g/mol. The maximum Gasteiger partial charge on any atom is 0.387 e. The molecule has 1 unspecified atom stereocenters. The first-order valence-electron chi connectivity index (χ1n) is 7.28. The molecule has 1 atom stereocenters. The Morgan fingerprint density at radius 3 is 2.36 bits per heavy atom.